The predicted octanol–water partition coefficient (Wildman–Crippen LogP) is 3.28. The van der Waals surface area contributed by atoms with Gasteiger partial charge in [0.25, 0.3) is 0 Å². The van der Waals surface area contributed by atoms with Crippen molar-refractivity contribution >= 4 is 5.97 Å². The summed E-state index contributed by atoms with van der Waals surface area (Å²) in [5, 5.41) is 0. The molecule has 3 aliphatic carbocycles. The molecule has 2 nitrogen and oxygen atoms in total. The predicted molar refractivity (Wildman–Crippen MR) is 61.5 cm³/mol. The average Bonchev–Trinajstić information content (AvgIpc) is 2.87. The summed E-state index contributed by atoms with van der Waals surface area (Å²) in [7, 11) is 0. The number of esters is 1. The van der Waals surface area contributed by atoms with Gasteiger partial charge in [0.1, 0.15) is 5.76 Å². The fourth-order valence-corrected chi connectivity index (χ4v) is 3.83. The Morgan fingerprint density at radius 1 is 1.31 bits per heavy atom. The summed E-state index contributed by atoms with van der Waals surface area (Å²) in [6.45, 7) is 3.80. The van der Waals surface area contributed by atoms with Gasteiger partial charge in [-0.15, -0.1) is 0 Å². The number of rotatable bonds is 2. The fourth-order valence-electron chi connectivity index (χ4n) is 3.83. The number of carbonyl (C=O) groups is 1. The average molecular weight is 220 g/mol. The summed E-state index contributed by atoms with van der Waals surface area (Å²) in [6.07, 6.45) is 6.37. The van der Waals surface area contributed by atoms with Gasteiger partial charge in [-0.3, -0.25) is 4.79 Å². The molecule has 0 spiro atoms. The molecule has 2 fully saturated rings. The van der Waals surface area contributed by atoms with Crippen molar-refractivity contribution in [1.29, 1.82) is 0 Å². The van der Waals surface area contributed by atoms with Crippen LogP contribution in [0.3, 0.4) is 0 Å². The maximum Gasteiger partial charge on any atom is 0.313 e. The van der Waals surface area contributed by atoms with Crippen LogP contribution in [0.25, 0.3) is 0 Å². The Morgan fingerprint density at radius 3 is 2.88 bits per heavy atom. The molecule has 0 saturated heterocycles. The minimum atomic E-state index is -0.0513. The quantitative estimate of drug-likeness (QED) is 0.667. The number of hydrogen-bond acceptors (Lipinski definition) is 2. The van der Waals surface area contributed by atoms with Gasteiger partial charge in [0.15, 0.2) is 0 Å². The van der Waals surface area contributed by atoms with Gasteiger partial charge in [0, 0.05) is 6.42 Å². The molecule has 0 aromatic heterocycles. The molecule has 0 aromatic carbocycles. The Labute approximate surface area is 97.1 Å². The highest BCUT2D eigenvalue weighted by Crippen LogP contribution is 2.58. The molecule has 2 heteroatoms. The van der Waals surface area contributed by atoms with Crippen LogP contribution in [0.4, 0.5) is 0 Å². The van der Waals surface area contributed by atoms with E-state index in [2.05, 4.69) is 0 Å². The van der Waals surface area contributed by atoms with Gasteiger partial charge in [0.2, 0.25) is 0 Å². The number of allylic oxidation sites excluding steroid dienone is 2. The summed E-state index contributed by atoms with van der Waals surface area (Å²) in [5.41, 5.74) is 1.50. The molecule has 2 saturated carbocycles. The van der Waals surface area contributed by atoms with Crippen molar-refractivity contribution in [1.82, 2.24) is 0 Å². The lowest BCUT2D eigenvalue weighted by Gasteiger charge is -2.23. The van der Waals surface area contributed by atoms with Crippen molar-refractivity contribution in [3.05, 3.63) is 11.3 Å². The van der Waals surface area contributed by atoms with Crippen molar-refractivity contribution in [3.63, 3.8) is 0 Å². The van der Waals surface area contributed by atoms with Gasteiger partial charge < -0.3 is 4.74 Å². The Balaban J connectivity index is 1.78. The SMILES string of the molecule is CC(C)C(=O)OC1=C2CC(C1)C1CCCC21. The van der Waals surface area contributed by atoms with E-state index >= 15 is 0 Å². The zero-order valence-corrected chi connectivity index (χ0v) is 10.2. The Morgan fingerprint density at radius 2 is 2.12 bits per heavy atom. The van der Waals surface area contributed by atoms with E-state index in [1.54, 1.807) is 0 Å². The van der Waals surface area contributed by atoms with E-state index in [1.807, 2.05) is 13.8 Å². The monoisotopic (exact) mass is 220 g/mol. The van der Waals surface area contributed by atoms with Gasteiger partial charge in [-0.1, -0.05) is 20.3 Å². The second kappa shape index (κ2) is 3.61. The highest BCUT2D eigenvalue weighted by Gasteiger charge is 2.48. The van der Waals surface area contributed by atoms with E-state index < -0.39 is 0 Å². The van der Waals surface area contributed by atoms with Crippen LogP contribution < -0.4 is 0 Å². The zero-order valence-electron chi connectivity index (χ0n) is 10.2. The third-order valence-electron chi connectivity index (χ3n) is 4.61. The first-order chi connectivity index (χ1) is 7.66. The first kappa shape index (κ1) is 10.4. The summed E-state index contributed by atoms with van der Waals surface area (Å²) in [4.78, 5) is 11.6. The first-order valence-electron chi connectivity index (χ1n) is 6.60. The lowest BCUT2D eigenvalue weighted by atomic mass is 9.85. The molecule has 0 N–H and O–H groups in total. The van der Waals surface area contributed by atoms with Crippen molar-refractivity contribution in [2.75, 3.05) is 0 Å². The van der Waals surface area contributed by atoms with Crippen molar-refractivity contribution in [2.45, 2.75) is 46.0 Å². The molecule has 3 aliphatic rings. The van der Waals surface area contributed by atoms with Gasteiger partial charge >= 0.3 is 5.97 Å². The topological polar surface area (TPSA) is 26.3 Å². The van der Waals surface area contributed by atoms with Gasteiger partial charge in [0.05, 0.1) is 5.92 Å². The molecule has 0 heterocycles. The van der Waals surface area contributed by atoms with Crippen LogP contribution in [0.1, 0.15) is 46.0 Å². The minimum Gasteiger partial charge on any atom is -0.431 e. The van der Waals surface area contributed by atoms with Crippen molar-refractivity contribution in [3.8, 4) is 0 Å². The van der Waals surface area contributed by atoms with E-state index in [-0.39, 0.29) is 11.9 Å². The van der Waals surface area contributed by atoms with Crippen LogP contribution in [0.2, 0.25) is 0 Å². The standard InChI is InChI=1S/C14H20O2/c1-8(2)14(15)16-13-7-9-6-12(13)11-5-3-4-10(9)11/h8-11H,3-7H2,1-2H3. The number of ether oxygens (including phenoxy) is 1. The lowest BCUT2D eigenvalue weighted by Crippen LogP contribution is -2.18. The third kappa shape index (κ3) is 1.42. The molecule has 16 heavy (non-hydrogen) atoms. The Kier molecular flexibility index (Phi) is 2.34. The summed E-state index contributed by atoms with van der Waals surface area (Å²) in [6, 6.07) is 0. The molecule has 0 amide bonds. The summed E-state index contributed by atoms with van der Waals surface area (Å²) >= 11 is 0. The molecular formula is C14H20O2. The van der Waals surface area contributed by atoms with E-state index in [0.29, 0.717) is 0 Å². The van der Waals surface area contributed by atoms with Crippen LogP contribution in [-0.2, 0) is 9.53 Å². The van der Waals surface area contributed by atoms with Crippen LogP contribution in [-0.4, -0.2) is 5.97 Å². The van der Waals surface area contributed by atoms with Crippen LogP contribution in [0.5, 0.6) is 0 Å². The number of fused-ring (bicyclic) bond motifs is 5. The molecule has 0 aromatic rings. The molecule has 3 atom stereocenters. The molecule has 0 aliphatic heterocycles. The first-order valence-corrected chi connectivity index (χ1v) is 6.60. The Bertz CT molecular complexity index is 354. The smallest absolute Gasteiger partial charge is 0.313 e. The number of carbonyl (C=O) groups excluding carboxylic acids is 1. The van der Waals surface area contributed by atoms with Gasteiger partial charge in [-0.2, -0.15) is 0 Å². The molecule has 0 radical (unpaired) electrons. The van der Waals surface area contributed by atoms with Crippen molar-refractivity contribution in [2.24, 2.45) is 23.7 Å². The van der Waals surface area contributed by atoms with Crippen molar-refractivity contribution < 1.29 is 9.53 Å². The van der Waals surface area contributed by atoms with E-state index in [0.717, 1.165) is 29.9 Å². The fraction of sp³-hybridized carbons (Fsp3) is 0.786. The highest BCUT2D eigenvalue weighted by atomic mass is 16.5. The number of hydrogen-bond donors (Lipinski definition) is 0. The van der Waals surface area contributed by atoms with E-state index in [9.17, 15) is 4.79 Å². The van der Waals surface area contributed by atoms with Crippen LogP contribution in [0, 0.1) is 23.7 Å². The maximum atomic E-state index is 11.6. The minimum absolute atomic E-state index is 0.00778. The normalized spacial score (nSPS) is 36.1. The van der Waals surface area contributed by atoms with E-state index in [1.165, 1.54) is 31.3 Å². The highest BCUT2D eigenvalue weighted by molar-refractivity contribution is 5.73. The second-order valence-corrected chi connectivity index (χ2v) is 5.89. The van der Waals surface area contributed by atoms with Crippen LogP contribution in [0.15, 0.2) is 11.3 Å². The van der Waals surface area contributed by atoms with Gasteiger partial charge in [-0.05, 0) is 42.6 Å². The second-order valence-electron chi connectivity index (χ2n) is 5.89. The molecule has 2 bridgehead atoms. The van der Waals surface area contributed by atoms with Gasteiger partial charge in [-0.25, -0.2) is 0 Å². The molecule has 3 unspecified atom stereocenters. The zero-order chi connectivity index (χ0) is 11.3. The summed E-state index contributed by atoms with van der Waals surface area (Å²) in [5.74, 6) is 3.49. The van der Waals surface area contributed by atoms with E-state index in [4.69, 9.17) is 4.74 Å². The molecule has 3 rings (SSSR count). The Hall–Kier alpha value is -0.790. The summed E-state index contributed by atoms with van der Waals surface area (Å²) < 4.78 is 5.56. The lowest BCUT2D eigenvalue weighted by molar-refractivity contribution is -0.143. The molecular weight excluding hydrogens is 200 g/mol. The molecule has 88 valence electrons. The third-order valence-corrected chi connectivity index (χ3v) is 4.61. The largest absolute Gasteiger partial charge is 0.431 e. The maximum absolute atomic E-state index is 11.6. The van der Waals surface area contributed by atoms with Crippen LogP contribution >= 0.6 is 0 Å².